The van der Waals surface area contributed by atoms with Crippen LogP contribution < -0.4 is 5.76 Å². The van der Waals surface area contributed by atoms with Crippen molar-refractivity contribution in [3.05, 3.63) is 68.1 Å². The average Bonchev–Trinajstić information content (AvgIpc) is 2.87. The second kappa shape index (κ2) is 6.52. The lowest BCUT2D eigenvalue weighted by atomic mass is 10.0. The molecular weight excluding hydrogens is 351 g/mol. The van der Waals surface area contributed by atoms with E-state index in [9.17, 15) is 9.59 Å². The Morgan fingerprint density at radius 1 is 1.21 bits per heavy atom. The van der Waals surface area contributed by atoms with Gasteiger partial charge in [0, 0.05) is 17.1 Å². The van der Waals surface area contributed by atoms with Gasteiger partial charge < -0.3 is 4.42 Å². The number of halogens is 2. The molecule has 0 aliphatic carbocycles. The minimum absolute atomic E-state index is 0.132. The van der Waals surface area contributed by atoms with Gasteiger partial charge in [-0.05, 0) is 24.3 Å². The van der Waals surface area contributed by atoms with Crippen molar-refractivity contribution in [2.45, 2.75) is 13.0 Å². The van der Waals surface area contributed by atoms with Crippen molar-refractivity contribution >= 4 is 40.1 Å². The molecule has 0 saturated heterocycles. The van der Waals surface area contributed by atoms with Gasteiger partial charge in [-0.2, -0.15) is 5.26 Å². The Morgan fingerprint density at radius 2 is 1.96 bits per heavy atom. The summed E-state index contributed by atoms with van der Waals surface area (Å²) in [4.78, 5) is 24.8. The van der Waals surface area contributed by atoms with Crippen molar-refractivity contribution in [3.63, 3.8) is 0 Å². The van der Waals surface area contributed by atoms with E-state index in [-0.39, 0.29) is 34.7 Å². The molecule has 0 aliphatic rings. The van der Waals surface area contributed by atoms with Gasteiger partial charge in [0.1, 0.15) is 0 Å². The molecule has 0 fully saturated rings. The van der Waals surface area contributed by atoms with Crippen molar-refractivity contribution < 1.29 is 9.21 Å². The van der Waals surface area contributed by atoms with Crippen molar-refractivity contribution in [1.82, 2.24) is 4.57 Å². The molecule has 3 rings (SSSR count). The van der Waals surface area contributed by atoms with Crippen LogP contribution in [0.1, 0.15) is 22.3 Å². The molecule has 0 saturated carbocycles. The van der Waals surface area contributed by atoms with Gasteiger partial charge in [0.05, 0.1) is 28.6 Å². The number of ketones is 1. The third-order valence-electron chi connectivity index (χ3n) is 3.54. The molecule has 0 N–H and O–H groups in total. The molecular formula is C17H10Cl2N2O3. The summed E-state index contributed by atoms with van der Waals surface area (Å²) in [5.74, 6) is -1.04. The van der Waals surface area contributed by atoms with Gasteiger partial charge in [0.2, 0.25) is 0 Å². The summed E-state index contributed by atoms with van der Waals surface area (Å²) >= 11 is 12.2. The lowest BCUT2D eigenvalue weighted by molar-refractivity contribution is 0.103. The Morgan fingerprint density at radius 3 is 2.67 bits per heavy atom. The lowest BCUT2D eigenvalue weighted by Gasteiger charge is -2.05. The summed E-state index contributed by atoms with van der Waals surface area (Å²) in [5.41, 5.74) is 0.943. The van der Waals surface area contributed by atoms with Crippen LogP contribution in [0.25, 0.3) is 11.1 Å². The van der Waals surface area contributed by atoms with E-state index in [1.54, 1.807) is 24.3 Å². The molecule has 24 heavy (non-hydrogen) atoms. The van der Waals surface area contributed by atoms with Gasteiger partial charge in [-0.25, -0.2) is 4.79 Å². The van der Waals surface area contributed by atoms with Crippen molar-refractivity contribution in [2.24, 2.45) is 0 Å². The summed E-state index contributed by atoms with van der Waals surface area (Å²) in [7, 11) is 0. The first-order valence-electron chi connectivity index (χ1n) is 7.02. The van der Waals surface area contributed by atoms with Crippen molar-refractivity contribution in [3.8, 4) is 6.07 Å². The second-order valence-corrected chi connectivity index (χ2v) is 5.88. The van der Waals surface area contributed by atoms with E-state index in [1.807, 2.05) is 6.07 Å². The Labute approximate surface area is 146 Å². The summed E-state index contributed by atoms with van der Waals surface area (Å²) in [6.45, 7) is 0.155. The highest BCUT2D eigenvalue weighted by molar-refractivity contribution is 6.36. The molecule has 5 nitrogen and oxygen atoms in total. The van der Waals surface area contributed by atoms with Gasteiger partial charge in [0.25, 0.3) is 0 Å². The number of hydrogen-bond acceptors (Lipinski definition) is 4. The molecule has 1 aromatic heterocycles. The number of benzene rings is 2. The highest BCUT2D eigenvalue weighted by Crippen LogP contribution is 2.28. The van der Waals surface area contributed by atoms with Gasteiger partial charge >= 0.3 is 5.76 Å². The van der Waals surface area contributed by atoms with E-state index in [2.05, 4.69) is 0 Å². The minimum Gasteiger partial charge on any atom is -0.407 e. The van der Waals surface area contributed by atoms with Gasteiger partial charge in [0.15, 0.2) is 11.4 Å². The fraction of sp³-hybridized carbons (Fsp3) is 0.118. The number of rotatable bonds is 4. The highest BCUT2D eigenvalue weighted by atomic mass is 35.5. The number of oxazole rings is 1. The van der Waals surface area contributed by atoms with Gasteiger partial charge in [-0.3, -0.25) is 9.36 Å². The topological polar surface area (TPSA) is 76.0 Å². The molecule has 120 valence electrons. The van der Waals surface area contributed by atoms with E-state index >= 15 is 0 Å². The van der Waals surface area contributed by atoms with Gasteiger partial charge in [-0.1, -0.05) is 35.3 Å². The van der Waals surface area contributed by atoms with Crippen LogP contribution in [-0.2, 0) is 6.54 Å². The first-order chi connectivity index (χ1) is 11.5. The normalized spacial score (nSPS) is 10.7. The summed E-state index contributed by atoms with van der Waals surface area (Å²) < 4.78 is 6.53. The molecule has 0 aliphatic heterocycles. The van der Waals surface area contributed by atoms with Crippen LogP contribution in [0.4, 0.5) is 0 Å². The third-order valence-corrected chi connectivity index (χ3v) is 4.09. The number of nitrogens with zero attached hydrogens (tertiary/aromatic N) is 2. The molecule has 0 radical (unpaired) electrons. The summed E-state index contributed by atoms with van der Waals surface area (Å²) in [6, 6.07) is 11.5. The van der Waals surface area contributed by atoms with Gasteiger partial charge in [-0.15, -0.1) is 0 Å². The highest BCUT2D eigenvalue weighted by Gasteiger charge is 2.21. The van der Waals surface area contributed by atoms with Crippen LogP contribution in [0, 0.1) is 11.3 Å². The monoisotopic (exact) mass is 360 g/mol. The van der Waals surface area contributed by atoms with Crippen molar-refractivity contribution in [1.29, 1.82) is 5.26 Å². The molecule has 0 atom stereocenters. The Hall–Kier alpha value is -2.55. The summed E-state index contributed by atoms with van der Waals surface area (Å²) in [6.07, 6.45) is 0.134. The first-order valence-corrected chi connectivity index (χ1v) is 7.77. The smallest absolute Gasteiger partial charge is 0.407 e. The van der Waals surface area contributed by atoms with E-state index in [0.717, 1.165) is 0 Å². The fourth-order valence-corrected chi connectivity index (χ4v) is 2.89. The number of aryl methyl sites for hydroxylation is 1. The number of carbonyl (C=O) groups is 1. The first kappa shape index (κ1) is 16.3. The number of carbonyl (C=O) groups excluding carboxylic acids is 1. The van der Waals surface area contributed by atoms with Crippen molar-refractivity contribution in [2.75, 3.05) is 0 Å². The SMILES string of the molecule is N#CCCn1c(=O)oc2c(C(=O)c3ccccc3Cl)cc(Cl)cc21. The van der Waals surface area contributed by atoms with Crippen LogP contribution in [-0.4, -0.2) is 10.4 Å². The Kier molecular flexibility index (Phi) is 4.43. The zero-order valence-electron chi connectivity index (χ0n) is 12.3. The Balaban J connectivity index is 2.23. The van der Waals surface area contributed by atoms with E-state index in [0.29, 0.717) is 10.5 Å². The predicted molar refractivity (Wildman–Crippen MR) is 90.6 cm³/mol. The largest absolute Gasteiger partial charge is 0.420 e. The minimum atomic E-state index is -0.643. The molecule has 0 amide bonds. The molecule has 2 aromatic carbocycles. The Bertz CT molecular complexity index is 1040. The predicted octanol–water partition coefficient (Wildman–Crippen LogP) is 4.05. The fourth-order valence-electron chi connectivity index (χ4n) is 2.46. The number of aromatic nitrogens is 1. The molecule has 3 aromatic rings. The maximum atomic E-state index is 12.8. The van der Waals surface area contributed by atoms with E-state index in [4.69, 9.17) is 32.9 Å². The third kappa shape index (κ3) is 2.82. The molecule has 0 bridgehead atoms. The molecule has 1 heterocycles. The molecule has 7 heteroatoms. The standard InChI is InChI=1S/C17H10Cl2N2O3/c18-10-8-12(15(22)11-4-1-2-5-13(11)19)16-14(9-10)21(7-3-6-20)17(23)24-16/h1-2,4-5,8-9H,3,7H2. The molecule has 0 spiro atoms. The maximum absolute atomic E-state index is 12.8. The number of hydrogen-bond donors (Lipinski definition) is 0. The quantitative estimate of drug-likeness (QED) is 0.657. The number of fused-ring (bicyclic) bond motifs is 1. The second-order valence-electron chi connectivity index (χ2n) is 5.04. The molecule has 0 unspecified atom stereocenters. The van der Waals surface area contributed by atoms with E-state index < -0.39 is 11.5 Å². The van der Waals surface area contributed by atoms with Crippen LogP contribution >= 0.6 is 23.2 Å². The number of nitriles is 1. The summed E-state index contributed by atoms with van der Waals surface area (Å²) in [5, 5.41) is 9.29. The van der Waals surface area contributed by atoms with Crippen LogP contribution in [0.5, 0.6) is 0 Å². The average molecular weight is 361 g/mol. The van der Waals surface area contributed by atoms with Crippen LogP contribution in [0.15, 0.2) is 45.6 Å². The zero-order valence-corrected chi connectivity index (χ0v) is 13.8. The van der Waals surface area contributed by atoms with Crippen LogP contribution in [0.3, 0.4) is 0 Å². The lowest BCUT2D eigenvalue weighted by Crippen LogP contribution is -2.13. The van der Waals surface area contributed by atoms with Crippen LogP contribution in [0.2, 0.25) is 10.0 Å². The maximum Gasteiger partial charge on any atom is 0.420 e. The van der Waals surface area contributed by atoms with E-state index in [1.165, 1.54) is 16.7 Å². The zero-order chi connectivity index (χ0) is 17.3.